The van der Waals surface area contributed by atoms with E-state index in [0.29, 0.717) is 10.6 Å². The molecule has 0 atom stereocenters. The minimum atomic E-state index is -0.760. The van der Waals surface area contributed by atoms with Crippen molar-refractivity contribution in [2.75, 3.05) is 19.3 Å². The van der Waals surface area contributed by atoms with Crippen LogP contribution < -0.4 is 17.0 Å². The van der Waals surface area contributed by atoms with E-state index in [1.807, 2.05) is 13.8 Å². The molecule has 10 nitrogen and oxygen atoms in total. The van der Waals surface area contributed by atoms with E-state index in [2.05, 4.69) is 0 Å². The van der Waals surface area contributed by atoms with Crippen molar-refractivity contribution in [3.63, 3.8) is 0 Å². The Kier molecular flexibility index (Phi) is 7.16. The summed E-state index contributed by atoms with van der Waals surface area (Å²) in [5.41, 5.74) is 4.77. The lowest BCUT2D eigenvalue weighted by Crippen LogP contribution is -2.44. The first-order chi connectivity index (χ1) is 13.9. The molecule has 0 aliphatic carbocycles. The molecular weight excluding hydrogens is 414 g/mol. The normalized spacial score (nSPS) is 11.3. The lowest BCUT2D eigenvalue weighted by molar-refractivity contribution is -0.384. The highest BCUT2D eigenvalue weighted by Crippen LogP contribution is 2.23. The Morgan fingerprint density at radius 3 is 2.53 bits per heavy atom. The van der Waals surface area contributed by atoms with Crippen molar-refractivity contribution in [1.82, 2.24) is 14.0 Å². The summed E-state index contributed by atoms with van der Waals surface area (Å²) in [4.78, 5) is 49.8. The van der Waals surface area contributed by atoms with Crippen LogP contribution in [0.1, 0.15) is 29.8 Å². The Bertz CT molecular complexity index is 1110. The summed E-state index contributed by atoms with van der Waals surface area (Å²) in [5, 5.41) is 11.3. The molecule has 1 heterocycles. The Morgan fingerprint density at radius 1 is 1.33 bits per heavy atom. The summed E-state index contributed by atoms with van der Waals surface area (Å²) in [5.74, 6) is -0.651. The van der Waals surface area contributed by atoms with Gasteiger partial charge in [-0.1, -0.05) is 25.4 Å². The SMILES string of the molecule is CC(C)Cn1c(N)c(C(=O)CN(C)Cc2cc([N+](=O)[O-])ccc2Cl)c(=O)n(C)c1=O. The van der Waals surface area contributed by atoms with Gasteiger partial charge < -0.3 is 5.73 Å². The van der Waals surface area contributed by atoms with Crippen LogP contribution in [0.3, 0.4) is 0 Å². The number of nitro groups is 1. The van der Waals surface area contributed by atoms with Crippen LogP contribution in [0.4, 0.5) is 11.5 Å². The van der Waals surface area contributed by atoms with Crippen LogP contribution in [0.15, 0.2) is 27.8 Å². The van der Waals surface area contributed by atoms with E-state index in [9.17, 15) is 24.5 Å². The van der Waals surface area contributed by atoms with E-state index in [-0.39, 0.29) is 42.6 Å². The van der Waals surface area contributed by atoms with Gasteiger partial charge in [-0.15, -0.1) is 0 Å². The van der Waals surface area contributed by atoms with Crippen LogP contribution in [0.5, 0.6) is 0 Å². The van der Waals surface area contributed by atoms with Crippen molar-refractivity contribution in [3.05, 3.63) is 65.3 Å². The van der Waals surface area contributed by atoms with E-state index in [0.717, 1.165) is 4.57 Å². The maximum Gasteiger partial charge on any atom is 0.332 e. The maximum atomic E-state index is 12.9. The molecule has 1 aromatic heterocycles. The third-order valence-corrected chi connectivity index (χ3v) is 4.87. The molecule has 2 rings (SSSR count). The number of likely N-dealkylation sites (N-methyl/N-ethyl adjacent to an activating group) is 1. The number of ketones is 1. The first-order valence-electron chi connectivity index (χ1n) is 9.17. The number of rotatable bonds is 8. The highest BCUT2D eigenvalue weighted by atomic mass is 35.5. The number of anilines is 1. The Hall–Kier alpha value is -2.98. The van der Waals surface area contributed by atoms with Gasteiger partial charge in [-0.05, 0) is 24.6 Å². The monoisotopic (exact) mass is 437 g/mol. The Morgan fingerprint density at radius 2 is 1.97 bits per heavy atom. The summed E-state index contributed by atoms with van der Waals surface area (Å²) in [6.07, 6.45) is 0. The molecule has 0 aliphatic heterocycles. The molecule has 0 fully saturated rings. The molecule has 0 unspecified atom stereocenters. The molecule has 0 saturated carbocycles. The minimum absolute atomic E-state index is 0.0733. The van der Waals surface area contributed by atoms with Gasteiger partial charge in [0.25, 0.3) is 11.2 Å². The second-order valence-corrected chi connectivity index (χ2v) is 7.95. The average molecular weight is 438 g/mol. The zero-order valence-corrected chi connectivity index (χ0v) is 18.0. The minimum Gasteiger partial charge on any atom is -0.384 e. The molecule has 0 saturated heterocycles. The zero-order chi connectivity index (χ0) is 22.7. The Balaban J connectivity index is 2.33. The van der Waals surface area contributed by atoms with Gasteiger partial charge in [-0.3, -0.25) is 33.7 Å². The number of Topliss-reactive ketones (excluding diaryl/α,β-unsaturated/α-hetero) is 1. The van der Waals surface area contributed by atoms with Crippen molar-refractivity contribution in [1.29, 1.82) is 0 Å². The van der Waals surface area contributed by atoms with Gasteiger partial charge in [-0.2, -0.15) is 0 Å². The molecule has 0 radical (unpaired) electrons. The molecule has 30 heavy (non-hydrogen) atoms. The van der Waals surface area contributed by atoms with Gasteiger partial charge in [-0.25, -0.2) is 4.79 Å². The summed E-state index contributed by atoms with van der Waals surface area (Å²) >= 11 is 6.11. The van der Waals surface area contributed by atoms with Crippen LogP contribution >= 0.6 is 11.6 Å². The predicted molar refractivity (Wildman–Crippen MR) is 114 cm³/mol. The number of nitrogens with two attached hydrogens (primary N) is 1. The number of benzene rings is 1. The molecule has 0 spiro atoms. The number of hydrogen-bond donors (Lipinski definition) is 1. The molecule has 2 aromatic rings. The Labute approximate surface area is 177 Å². The standard InChI is InChI=1S/C19H24ClN5O5/c1-11(2)8-24-17(21)16(18(27)23(4)19(24)28)15(26)10-22(3)9-12-7-13(25(29)30)5-6-14(12)20/h5-7,11H,8-10,21H2,1-4H3. The number of nitro benzene ring substituents is 1. The van der Waals surface area contributed by atoms with Gasteiger partial charge in [0.1, 0.15) is 11.4 Å². The highest BCUT2D eigenvalue weighted by Gasteiger charge is 2.23. The second kappa shape index (κ2) is 9.23. The zero-order valence-electron chi connectivity index (χ0n) is 17.2. The molecule has 0 amide bonds. The number of halogens is 1. The van der Waals surface area contributed by atoms with E-state index >= 15 is 0 Å². The molecule has 0 aliphatic rings. The van der Waals surface area contributed by atoms with Crippen LogP contribution in [-0.4, -0.2) is 38.3 Å². The van der Waals surface area contributed by atoms with Crippen LogP contribution in [0.2, 0.25) is 5.02 Å². The van der Waals surface area contributed by atoms with Crippen molar-refractivity contribution in [3.8, 4) is 0 Å². The van der Waals surface area contributed by atoms with E-state index < -0.39 is 22.0 Å². The topological polar surface area (TPSA) is 133 Å². The van der Waals surface area contributed by atoms with Crippen molar-refractivity contribution >= 4 is 28.9 Å². The lowest BCUT2D eigenvalue weighted by Gasteiger charge is -2.19. The first-order valence-corrected chi connectivity index (χ1v) is 9.55. The lowest BCUT2D eigenvalue weighted by atomic mass is 10.1. The molecule has 2 N–H and O–H groups in total. The van der Waals surface area contributed by atoms with E-state index in [1.165, 1.54) is 29.8 Å². The number of nitrogen functional groups attached to an aromatic ring is 1. The highest BCUT2D eigenvalue weighted by molar-refractivity contribution is 6.31. The number of nitrogens with zero attached hydrogens (tertiary/aromatic N) is 4. The fraction of sp³-hybridized carbons (Fsp3) is 0.421. The van der Waals surface area contributed by atoms with Gasteiger partial charge in [0.15, 0.2) is 5.78 Å². The fourth-order valence-electron chi connectivity index (χ4n) is 3.05. The summed E-state index contributed by atoms with van der Waals surface area (Å²) in [6.45, 7) is 3.97. The maximum absolute atomic E-state index is 12.9. The fourth-order valence-corrected chi connectivity index (χ4v) is 3.23. The largest absolute Gasteiger partial charge is 0.384 e. The van der Waals surface area contributed by atoms with Gasteiger partial charge in [0, 0.05) is 37.3 Å². The third kappa shape index (κ3) is 4.95. The molecule has 162 valence electrons. The predicted octanol–water partition coefficient (Wildman–Crippen LogP) is 1.66. The van der Waals surface area contributed by atoms with Crippen LogP contribution in [-0.2, 0) is 20.1 Å². The number of aromatic nitrogens is 2. The van der Waals surface area contributed by atoms with Crippen molar-refractivity contribution in [2.24, 2.45) is 13.0 Å². The number of non-ortho nitro benzene ring substituents is 1. The summed E-state index contributed by atoms with van der Waals surface area (Å²) in [7, 11) is 2.90. The molecule has 11 heteroatoms. The van der Waals surface area contributed by atoms with Crippen molar-refractivity contribution < 1.29 is 9.72 Å². The van der Waals surface area contributed by atoms with Gasteiger partial charge in [0.2, 0.25) is 0 Å². The van der Waals surface area contributed by atoms with E-state index in [1.54, 1.807) is 11.9 Å². The average Bonchev–Trinajstić information content (AvgIpc) is 2.65. The third-order valence-electron chi connectivity index (χ3n) is 4.50. The second-order valence-electron chi connectivity index (χ2n) is 7.54. The van der Waals surface area contributed by atoms with Crippen LogP contribution in [0.25, 0.3) is 0 Å². The molecule has 0 bridgehead atoms. The van der Waals surface area contributed by atoms with Crippen molar-refractivity contribution in [2.45, 2.75) is 26.9 Å². The smallest absolute Gasteiger partial charge is 0.332 e. The first kappa shape index (κ1) is 23.3. The quantitative estimate of drug-likeness (QED) is 0.377. The number of carbonyl (C=O) groups excluding carboxylic acids is 1. The molecule has 1 aromatic carbocycles. The van der Waals surface area contributed by atoms with Gasteiger partial charge in [0.05, 0.1) is 11.5 Å². The molecular formula is C19H24ClN5O5. The van der Waals surface area contributed by atoms with Crippen LogP contribution in [0, 0.1) is 16.0 Å². The summed E-state index contributed by atoms with van der Waals surface area (Å²) in [6, 6.07) is 4.04. The van der Waals surface area contributed by atoms with E-state index in [4.69, 9.17) is 17.3 Å². The van der Waals surface area contributed by atoms with Gasteiger partial charge >= 0.3 is 5.69 Å². The number of carbonyl (C=O) groups is 1. The number of hydrogen-bond acceptors (Lipinski definition) is 7. The summed E-state index contributed by atoms with van der Waals surface area (Å²) < 4.78 is 2.08.